The van der Waals surface area contributed by atoms with Gasteiger partial charge in [-0.2, -0.15) is 0 Å². The molecule has 0 saturated carbocycles. The second-order valence-electron chi connectivity index (χ2n) is 8.40. The molecule has 0 aromatic heterocycles. The van der Waals surface area contributed by atoms with Crippen molar-refractivity contribution in [1.82, 2.24) is 0 Å². The van der Waals surface area contributed by atoms with Crippen LogP contribution in [-0.4, -0.2) is 0 Å². The summed E-state index contributed by atoms with van der Waals surface area (Å²) in [6.07, 6.45) is 0. The Hall–Kier alpha value is -0.0600. The quantitative estimate of drug-likeness (QED) is 0.168. The molecule has 8 heteroatoms. The van der Waals surface area contributed by atoms with Gasteiger partial charge in [-0.15, -0.1) is 0 Å². The Morgan fingerprint density at radius 3 is 0.684 bits per heavy atom. The predicted octanol–water partition coefficient (Wildman–Crippen LogP) is 14.5. The van der Waals surface area contributed by atoms with Gasteiger partial charge in [-0.05, 0) is 93.0 Å². The molecule has 0 spiro atoms. The van der Waals surface area contributed by atoms with Crippen LogP contribution in [0.4, 0.5) is 0 Å². The van der Waals surface area contributed by atoms with Crippen LogP contribution in [0, 0.1) is 0 Å². The molecule has 190 valence electrons. The van der Waals surface area contributed by atoms with E-state index in [0.717, 1.165) is 80.3 Å². The van der Waals surface area contributed by atoms with Crippen LogP contribution in [0.2, 0.25) is 0 Å². The lowest BCUT2D eigenvalue weighted by Crippen LogP contribution is -1.91. The zero-order valence-corrected chi connectivity index (χ0v) is 31.8. The average molecular weight is 1010 g/mol. The van der Waals surface area contributed by atoms with Crippen LogP contribution in [0.25, 0.3) is 44.5 Å². The minimum atomic E-state index is 0.995. The van der Waals surface area contributed by atoms with Crippen molar-refractivity contribution in [2.75, 3.05) is 0 Å². The number of benzene rings is 5. The maximum absolute atomic E-state index is 3.86. The molecule has 0 heterocycles. The first kappa shape index (κ1) is 29.4. The molecular formula is C30H14Br8. The first-order valence-corrected chi connectivity index (χ1v) is 17.5. The molecule has 0 amide bonds. The fourth-order valence-corrected chi connectivity index (χ4v) is 8.58. The van der Waals surface area contributed by atoms with E-state index >= 15 is 0 Å². The van der Waals surface area contributed by atoms with Crippen LogP contribution < -0.4 is 0 Å². The lowest BCUT2D eigenvalue weighted by molar-refractivity contribution is 1.48. The highest BCUT2D eigenvalue weighted by atomic mass is 79.9. The summed E-state index contributed by atoms with van der Waals surface area (Å²) in [5, 5.41) is 0. The molecule has 5 rings (SSSR count). The van der Waals surface area contributed by atoms with Crippen molar-refractivity contribution < 1.29 is 0 Å². The van der Waals surface area contributed by atoms with Crippen LogP contribution in [0.15, 0.2) is 121 Å². The van der Waals surface area contributed by atoms with Crippen molar-refractivity contribution in [3.05, 3.63) is 121 Å². The topological polar surface area (TPSA) is 0 Å². The Bertz CT molecular complexity index is 1580. The Labute approximate surface area is 289 Å². The molecule has 0 N–H and O–H groups in total. The number of hydrogen-bond donors (Lipinski definition) is 0. The van der Waals surface area contributed by atoms with E-state index in [1.54, 1.807) is 0 Å². The SMILES string of the molecule is Brc1ccccc1-c1cc(Br)c(-c2cc(Br)c(-c3cc(Br)c(-c4ccccc4Br)cc3Br)cc2Br)cc1Br. The molecule has 38 heavy (non-hydrogen) atoms. The van der Waals surface area contributed by atoms with Gasteiger partial charge in [0.25, 0.3) is 0 Å². The first-order valence-electron chi connectivity index (χ1n) is 11.1. The fraction of sp³-hybridized carbons (Fsp3) is 0. The highest BCUT2D eigenvalue weighted by molar-refractivity contribution is 9.12. The van der Waals surface area contributed by atoms with Gasteiger partial charge in [-0.1, -0.05) is 164 Å². The Kier molecular flexibility index (Phi) is 9.63. The molecule has 0 radical (unpaired) electrons. The van der Waals surface area contributed by atoms with Crippen LogP contribution in [-0.2, 0) is 0 Å². The van der Waals surface area contributed by atoms with E-state index in [2.05, 4.69) is 188 Å². The fourth-order valence-electron chi connectivity index (χ4n) is 4.24. The minimum absolute atomic E-state index is 0.995. The highest BCUT2D eigenvalue weighted by Crippen LogP contribution is 2.47. The maximum atomic E-state index is 3.86. The molecule has 0 atom stereocenters. The van der Waals surface area contributed by atoms with Crippen molar-refractivity contribution in [1.29, 1.82) is 0 Å². The lowest BCUT2D eigenvalue weighted by atomic mass is 9.97. The number of halogens is 8. The van der Waals surface area contributed by atoms with Gasteiger partial charge < -0.3 is 0 Å². The van der Waals surface area contributed by atoms with E-state index in [9.17, 15) is 0 Å². The zero-order valence-electron chi connectivity index (χ0n) is 19.1. The van der Waals surface area contributed by atoms with E-state index in [-0.39, 0.29) is 0 Å². The van der Waals surface area contributed by atoms with Crippen molar-refractivity contribution in [2.45, 2.75) is 0 Å². The van der Waals surface area contributed by atoms with Crippen molar-refractivity contribution >= 4 is 127 Å². The maximum Gasteiger partial charge on any atom is 0.0261 e. The van der Waals surface area contributed by atoms with Gasteiger partial charge in [0.05, 0.1) is 0 Å². The van der Waals surface area contributed by atoms with Gasteiger partial charge in [-0.3, -0.25) is 0 Å². The van der Waals surface area contributed by atoms with Gasteiger partial charge in [-0.25, -0.2) is 0 Å². The molecule has 0 aliphatic carbocycles. The van der Waals surface area contributed by atoms with Gasteiger partial charge in [0.15, 0.2) is 0 Å². The van der Waals surface area contributed by atoms with E-state index in [0.29, 0.717) is 0 Å². The Morgan fingerprint density at radius 1 is 0.237 bits per heavy atom. The predicted molar refractivity (Wildman–Crippen MR) is 190 cm³/mol. The zero-order chi connectivity index (χ0) is 27.1. The van der Waals surface area contributed by atoms with E-state index in [1.807, 2.05) is 24.3 Å². The summed E-state index contributed by atoms with van der Waals surface area (Å²) in [5.74, 6) is 0. The van der Waals surface area contributed by atoms with Crippen LogP contribution in [0.3, 0.4) is 0 Å². The molecule has 0 aliphatic rings. The third-order valence-electron chi connectivity index (χ3n) is 6.08. The van der Waals surface area contributed by atoms with Crippen LogP contribution >= 0.6 is 127 Å². The number of rotatable bonds is 4. The second-order valence-corrected chi connectivity index (χ2v) is 15.2. The van der Waals surface area contributed by atoms with E-state index in [4.69, 9.17) is 0 Å². The molecule has 0 bridgehead atoms. The van der Waals surface area contributed by atoms with Gasteiger partial charge in [0.2, 0.25) is 0 Å². The molecule has 0 saturated heterocycles. The average Bonchev–Trinajstić information content (AvgIpc) is 2.88. The van der Waals surface area contributed by atoms with Crippen molar-refractivity contribution in [3.8, 4) is 44.5 Å². The standard InChI is InChI=1S/C30H14Br8/c31-23-7-3-1-5-15(23)17-9-27(35)19(11-25(17)33)21-13-30(38)22(14-29(21)37)20-12-26(34)18(10-28(20)36)16-6-2-4-8-24(16)32/h1-14H. The molecule has 5 aromatic carbocycles. The van der Waals surface area contributed by atoms with E-state index < -0.39 is 0 Å². The smallest absolute Gasteiger partial charge is 0.0261 e. The third kappa shape index (κ3) is 5.94. The van der Waals surface area contributed by atoms with E-state index in [1.165, 1.54) is 0 Å². The van der Waals surface area contributed by atoms with Gasteiger partial charge in [0.1, 0.15) is 0 Å². The summed E-state index contributed by atoms with van der Waals surface area (Å²) in [6, 6.07) is 29.4. The molecule has 5 aromatic rings. The molecular weight excluding hydrogens is 1000 g/mol. The molecule has 0 nitrogen and oxygen atoms in total. The van der Waals surface area contributed by atoms with Crippen LogP contribution in [0.5, 0.6) is 0 Å². The summed E-state index contributed by atoms with van der Waals surface area (Å²) in [4.78, 5) is 0. The molecule has 0 fully saturated rings. The Balaban J connectivity index is 1.58. The summed E-state index contributed by atoms with van der Waals surface area (Å²) in [5.41, 5.74) is 8.79. The number of hydrogen-bond acceptors (Lipinski definition) is 0. The second kappa shape index (κ2) is 12.4. The normalized spacial score (nSPS) is 11.2. The largest absolute Gasteiger partial charge is 0.0616 e. The van der Waals surface area contributed by atoms with Gasteiger partial charge >= 0.3 is 0 Å². The monoisotopic (exact) mass is 1010 g/mol. The summed E-state index contributed by atoms with van der Waals surface area (Å²) < 4.78 is 8.15. The van der Waals surface area contributed by atoms with Gasteiger partial charge in [0, 0.05) is 35.8 Å². The van der Waals surface area contributed by atoms with Crippen LogP contribution in [0.1, 0.15) is 0 Å². The summed E-state index contributed by atoms with van der Waals surface area (Å²) >= 11 is 30.3. The van der Waals surface area contributed by atoms with Crippen molar-refractivity contribution in [2.24, 2.45) is 0 Å². The summed E-state index contributed by atoms with van der Waals surface area (Å²) in [7, 11) is 0. The molecule has 0 unspecified atom stereocenters. The first-order chi connectivity index (χ1) is 18.2. The summed E-state index contributed by atoms with van der Waals surface area (Å²) in [6.45, 7) is 0. The third-order valence-corrected chi connectivity index (χ3v) is 11.4. The molecule has 0 aliphatic heterocycles. The Morgan fingerprint density at radius 2 is 0.447 bits per heavy atom. The highest BCUT2D eigenvalue weighted by Gasteiger charge is 2.18. The minimum Gasteiger partial charge on any atom is -0.0616 e. The van der Waals surface area contributed by atoms with Crippen molar-refractivity contribution in [3.63, 3.8) is 0 Å². The lowest BCUT2D eigenvalue weighted by Gasteiger charge is -2.17.